The summed E-state index contributed by atoms with van der Waals surface area (Å²) in [6.45, 7) is 0. The molecule has 0 aliphatic rings. The van der Waals surface area contributed by atoms with E-state index in [-0.39, 0.29) is 0 Å². The minimum Gasteiger partial charge on any atom is -0.478 e. The molecule has 1 N–H and O–H groups in total. The molecule has 0 radical (unpaired) electrons. The standard InChI is InChI=1S/C7H4F2O5S/c8-5-3-4(7(10)11)1-2-6(5)14-15(9,12)13/h1-3H,(H,10,11). The molecule has 8 heteroatoms. The summed E-state index contributed by atoms with van der Waals surface area (Å²) in [5, 5.41) is 8.43. The normalized spacial score (nSPS) is 11.1. The largest absolute Gasteiger partial charge is 0.488 e. The van der Waals surface area contributed by atoms with E-state index in [0.29, 0.717) is 12.1 Å². The predicted octanol–water partition coefficient (Wildman–Crippen LogP) is 1.12. The lowest BCUT2D eigenvalue weighted by Crippen LogP contribution is -2.04. The second-order valence-electron chi connectivity index (χ2n) is 2.43. The molecule has 5 nitrogen and oxygen atoms in total. The van der Waals surface area contributed by atoms with Crippen molar-refractivity contribution >= 4 is 16.5 Å². The maximum Gasteiger partial charge on any atom is 0.488 e. The number of carboxylic acids is 1. The Morgan fingerprint density at radius 3 is 2.40 bits per heavy atom. The Morgan fingerprint density at radius 2 is 2.00 bits per heavy atom. The molecule has 1 aromatic rings. The minimum absolute atomic E-state index is 0.406. The van der Waals surface area contributed by atoms with E-state index in [1.807, 2.05) is 0 Å². The van der Waals surface area contributed by atoms with Gasteiger partial charge in [0.05, 0.1) is 5.56 Å². The van der Waals surface area contributed by atoms with Gasteiger partial charge >= 0.3 is 16.5 Å². The summed E-state index contributed by atoms with van der Waals surface area (Å²) in [5.74, 6) is -3.58. The highest BCUT2D eigenvalue weighted by molar-refractivity contribution is 7.81. The minimum atomic E-state index is -5.32. The number of rotatable bonds is 3. The SMILES string of the molecule is O=C(O)c1ccc(OS(=O)(=O)F)c(F)c1. The quantitative estimate of drug-likeness (QED) is 0.798. The van der Waals surface area contributed by atoms with Gasteiger partial charge in [-0.15, -0.1) is 0 Å². The second-order valence-corrected chi connectivity index (χ2v) is 3.38. The Balaban J connectivity index is 3.09. The third-order valence-corrected chi connectivity index (χ3v) is 1.75. The molecule has 15 heavy (non-hydrogen) atoms. The first kappa shape index (κ1) is 11.4. The molecule has 0 saturated heterocycles. The van der Waals surface area contributed by atoms with Crippen LogP contribution in [0.3, 0.4) is 0 Å². The predicted molar refractivity (Wildman–Crippen MR) is 44.0 cm³/mol. The van der Waals surface area contributed by atoms with Gasteiger partial charge in [0.2, 0.25) is 0 Å². The number of carbonyl (C=O) groups is 1. The van der Waals surface area contributed by atoms with E-state index in [0.717, 1.165) is 6.07 Å². The van der Waals surface area contributed by atoms with Crippen LogP contribution in [0.4, 0.5) is 8.28 Å². The molecule has 0 atom stereocenters. The summed E-state index contributed by atoms with van der Waals surface area (Å²) in [5.41, 5.74) is -0.406. The van der Waals surface area contributed by atoms with Gasteiger partial charge in [-0.3, -0.25) is 0 Å². The van der Waals surface area contributed by atoms with Crippen LogP contribution in [-0.4, -0.2) is 19.5 Å². The van der Waals surface area contributed by atoms with Gasteiger partial charge in [0.15, 0.2) is 11.6 Å². The average molecular weight is 238 g/mol. The highest BCUT2D eigenvalue weighted by Gasteiger charge is 2.15. The Bertz CT molecular complexity index is 496. The van der Waals surface area contributed by atoms with Crippen molar-refractivity contribution in [3.63, 3.8) is 0 Å². The van der Waals surface area contributed by atoms with E-state index in [2.05, 4.69) is 4.18 Å². The zero-order valence-electron chi connectivity index (χ0n) is 6.98. The van der Waals surface area contributed by atoms with Crippen molar-refractivity contribution < 1.29 is 30.8 Å². The van der Waals surface area contributed by atoms with Gasteiger partial charge in [-0.2, -0.15) is 8.42 Å². The van der Waals surface area contributed by atoms with E-state index in [1.54, 1.807) is 0 Å². The first-order valence-electron chi connectivity index (χ1n) is 3.46. The Kier molecular flexibility index (Phi) is 2.89. The molecule has 0 fully saturated rings. The molecule has 1 rings (SSSR count). The fourth-order valence-corrected chi connectivity index (χ4v) is 1.16. The van der Waals surface area contributed by atoms with Gasteiger partial charge in [-0.25, -0.2) is 9.18 Å². The van der Waals surface area contributed by atoms with Crippen molar-refractivity contribution in [1.29, 1.82) is 0 Å². The fraction of sp³-hybridized carbons (Fsp3) is 0. The summed E-state index contributed by atoms with van der Waals surface area (Å²) >= 11 is 0. The molecular weight excluding hydrogens is 234 g/mol. The Labute approximate surface area is 83.3 Å². The lowest BCUT2D eigenvalue weighted by Gasteiger charge is -2.01. The van der Waals surface area contributed by atoms with Gasteiger partial charge in [-0.05, 0) is 18.2 Å². The first-order chi connectivity index (χ1) is 6.79. The maximum absolute atomic E-state index is 12.9. The van der Waals surface area contributed by atoms with Crippen molar-refractivity contribution in [2.75, 3.05) is 0 Å². The highest BCUT2D eigenvalue weighted by Crippen LogP contribution is 2.20. The van der Waals surface area contributed by atoms with Gasteiger partial charge < -0.3 is 9.29 Å². The molecule has 1 aromatic carbocycles. The zero-order valence-corrected chi connectivity index (χ0v) is 7.79. The molecule has 0 heterocycles. The van der Waals surface area contributed by atoms with Crippen molar-refractivity contribution in [1.82, 2.24) is 0 Å². The van der Waals surface area contributed by atoms with Gasteiger partial charge in [0.1, 0.15) is 0 Å². The van der Waals surface area contributed by atoms with Crippen LogP contribution in [0.1, 0.15) is 10.4 Å². The summed E-state index contributed by atoms with van der Waals surface area (Å²) in [7, 11) is -5.32. The van der Waals surface area contributed by atoms with E-state index in [1.165, 1.54) is 0 Å². The molecule has 0 saturated carbocycles. The van der Waals surface area contributed by atoms with Crippen LogP contribution < -0.4 is 4.18 Å². The third-order valence-electron chi connectivity index (χ3n) is 1.37. The highest BCUT2D eigenvalue weighted by atomic mass is 32.3. The second kappa shape index (κ2) is 3.81. The van der Waals surface area contributed by atoms with Crippen molar-refractivity contribution in [3.05, 3.63) is 29.6 Å². The molecule has 0 aliphatic carbocycles. The summed E-state index contributed by atoms with van der Waals surface area (Å²) in [6.07, 6.45) is 0. The number of benzene rings is 1. The number of hydrogen-bond acceptors (Lipinski definition) is 4. The van der Waals surface area contributed by atoms with E-state index in [4.69, 9.17) is 5.11 Å². The molecular formula is C7H4F2O5S. The average Bonchev–Trinajstić information content (AvgIpc) is 2.05. The summed E-state index contributed by atoms with van der Waals surface area (Å²) in [4.78, 5) is 10.3. The van der Waals surface area contributed by atoms with E-state index < -0.39 is 33.6 Å². The van der Waals surface area contributed by atoms with Crippen molar-refractivity contribution in [3.8, 4) is 5.75 Å². The molecule has 0 aromatic heterocycles. The Morgan fingerprint density at radius 1 is 1.40 bits per heavy atom. The van der Waals surface area contributed by atoms with Gasteiger partial charge in [0.25, 0.3) is 0 Å². The van der Waals surface area contributed by atoms with Crippen LogP contribution in [0, 0.1) is 5.82 Å². The van der Waals surface area contributed by atoms with Gasteiger partial charge in [-0.1, -0.05) is 3.89 Å². The smallest absolute Gasteiger partial charge is 0.478 e. The molecule has 0 amide bonds. The first-order valence-corrected chi connectivity index (χ1v) is 4.77. The number of carboxylic acid groups (broad SMARTS) is 1. The zero-order chi connectivity index (χ0) is 11.6. The number of aromatic carboxylic acids is 1. The van der Waals surface area contributed by atoms with E-state index in [9.17, 15) is 21.5 Å². The Hall–Kier alpha value is -1.70. The van der Waals surface area contributed by atoms with Crippen molar-refractivity contribution in [2.45, 2.75) is 0 Å². The monoisotopic (exact) mass is 238 g/mol. The molecule has 0 bridgehead atoms. The molecule has 0 unspecified atom stereocenters. The van der Waals surface area contributed by atoms with Crippen LogP contribution in [-0.2, 0) is 10.5 Å². The molecule has 0 spiro atoms. The molecule has 0 aliphatic heterocycles. The maximum atomic E-state index is 12.9. The number of hydrogen-bond donors (Lipinski definition) is 1. The third kappa shape index (κ3) is 3.17. The van der Waals surface area contributed by atoms with Crippen LogP contribution in [0.25, 0.3) is 0 Å². The van der Waals surface area contributed by atoms with E-state index >= 15 is 0 Å². The fourth-order valence-electron chi connectivity index (χ4n) is 0.809. The number of halogens is 2. The molecule has 82 valence electrons. The topological polar surface area (TPSA) is 80.7 Å². The van der Waals surface area contributed by atoms with Crippen LogP contribution in [0.5, 0.6) is 5.75 Å². The van der Waals surface area contributed by atoms with Crippen LogP contribution >= 0.6 is 0 Å². The van der Waals surface area contributed by atoms with Gasteiger partial charge in [0, 0.05) is 0 Å². The summed E-state index contributed by atoms with van der Waals surface area (Å²) in [6, 6.07) is 2.10. The van der Waals surface area contributed by atoms with Crippen molar-refractivity contribution in [2.24, 2.45) is 0 Å². The van der Waals surface area contributed by atoms with Crippen LogP contribution in [0.2, 0.25) is 0 Å². The summed E-state index contributed by atoms with van der Waals surface area (Å²) < 4.78 is 48.5. The lowest BCUT2D eigenvalue weighted by molar-refractivity contribution is 0.0696. The van der Waals surface area contributed by atoms with Crippen LogP contribution in [0.15, 0.2) is 18.2 Å². The lowest BCUT2D eigenvalue weighted by atomic mass is 10.2.